The molecule has 134 valence electrons. The van der Waals surface area contributed by atoms with Crippen molar-refractivity contribution >= 4 is 11.8 Å². The fraction of sp³-hybridized carbons (Fsp3) is 0.800. The predicted octanol–water partition coefficient (Wildman–Crippen LogP) is -0.150. The first kappa shape index (κ1) is 17.5. The van der Waals surface area contributed by atoms with Crippen molar-refractivity contribution < 1.29 is 9.47 Å². The van der Waals surface area contributed by atoms with Crippen molar-refractivity contribution in [2.45, 2.75) is 56.9 Å². The van der Waals surface area contributed by atoms with Crippen LogP contribution in [0, 0.1) is 0 Å². The molecule has 3 heterocycles. The smallest absolute Gasteiger partial charge is 0.337 e. The lowest BCUT2D eigenvalue weighted by molar-refractivity contribution is 0.371. The lowest BCUT2D eigenvalue weighted by Crippen LogP contribution is -2.54. The van der Waals surface area contributed by atoms with Crippen molar-refractivity contribution in [3.8, 4) is 0 Å². The largest absolute Gasteiger partial charge is 0.373 e. The van der Waals surface area contributed by atoms with Gasteiger partial charge < -0.3 is 9.47 Å². The van der Waals surface area contributed by atoms with E-state index >= 15 is 0 Å². The summed E-state index contributed by atoms with van der Waals surface area (Å²) in [7, 11) is 0. The Morgan fingerprint density at radius 2 is 1.29 bits per heavy atom. The molecule has 3 rings (SSSR count). The summed E-state index contributed by atoms with van der Waals surface area (Å²) in [5, 5.41) is 0. The molecule has 2 aliphatic heterocycles. The van der Waals surface area contributed by atoms with E-state index in [1.807, 2.05) is 6.26 Å². The highest BCUT2D eigenvalue weighted by molar-refractivity contribution is 7.97. The molecular weight excluding hydrogens is 334 g/mol. The van der Waals surface area contributed by atoms with E-state index in [0.29, 0.717) is 25.9 Å². The van der Waals surface area contributed by atoms with Crippen LogP contribution in [-0.2, 0) is 28.4 Å². The minimum absolute atomic E-state index is 0.245. The van der Waals surface area contributed by atoms with Crippen LogP contribution < -0.4 is 17.1 Å². The van der Waals surface area contributed by atoms with Gasteiger partial charge in [0.1, 0.15) is 0 Å². The Labute approximate surface area is 143 Å². The first-order chi connectivity index (χ1) is 11.6. The quantitative estimate of drug-likeness (QED) is 0.541. The molecule has 1 aromatic rings. The van der Waals surface area contributed by atoms with Gasteiger partial charge in [0.15, 0.2) is 0 Å². The molecule has 8 nitrogen and oxygen atoms in total. The molecule has 0 bridgehead atoms. The molecule has 0 spiro atoms. The van der Waals surface area contributed by atoms with Crippen LogP contribution >= 0.6 is 11.8 Å². The Hall–Kier alpha value is -1.32. The summed E-state index contributed by atoms with van der Waals surface area (Å²) < 4.78 is 13.8. The molecule has 0 aliphatic carbocycles. The minimum Gasteiger partial charge on any atom is -0.373 e. The number of hydrogen-bond donors (Lipinski definition) is 0. The third-order valence-electron chi connectivity index (χ3n) is 4.26. The van der Waals surface area contributed by atoms with Crippen molar-refractivity contribution in [3.63, 3.8) is 0 Å². The first-order valence-electron chi connectivity index (χ1n) is 8.28. The lowest BCUT2D eigenvalue weighted by atomic mass is 10.2. The Morgan fingerprint density at radius 3 is 1.67 bits per heavy atom. The third kappa shape index (κ3) is 4.20. The number of aromatic nitrogens is 3. The van der Waals surface area contributed by atoms with Gasteiger partial charge >= 0.3 is 17.1 Å². The van der Waals surface area contributed by atoms with Gasteiger partial charge in [0.25, 0.3) is 0 Å². The summed E-state index contributed by atoms with van der Waals surface area (Å²) in [6.45, 7) is 2.15. The summed E-state index contributed by atoms with van der Waals surface area (Å²) in [6.07, 6.45) is 5.37. The number of epoxide rings is 2. The molecule has 24 heavy (non-hydrogen) atoms. The van der Waals surface area contributed by atoms with Crippen molar-refractivity contribution in [1.82, 2.24) is 13.7 Å². The summed E-state index contributed by atoms with van der Waals surface area (Å²) >= 11 is 1.38. The fourth-order valence-electron chi connectivity index (χ4n) is 2.73. The normalized spacial score (nSPS) is 21.9. The van der Waals surface area contributed by atoms with E-state index in [0.717, 1.165) is 30.6 Å². The SMILES string of the molecule is CSCn1c(=O)n(CCCC2CO2)c(=O)n(CCCC2CO2)c1=O. The van der Waals surface area contributed by atoms with Crippen molar-refractivity contribution in [1.29, 1.82) is 0 Å². The first-order valence-corrected chi connectivity index (χ1v) is 9.68. The van der Waals surface area contributed by atoms with Gasteiger partial charge in [-0.1, -0.05) is 0 Å². The van der Waals surface area contributed by atoms with Crippen LogP contribution in [0.4, 0.5) is 0 Å². The lowest BCUT2D eigenvalue weighted by Gasteiger charge is -2.13. The van der Waals surface area contributed by atoms with E-state index in [1.165, 1.54) is 20.9 Å². The molecule has 0 saturated carbocycles. The second kappa shape index (κ2) is 7.71. The monoisotopic (exact) mass is 357 g/mol. The van der Waals surface area contributed by atoms with E-state index < -0.39 is 17.1 Å². The Kier molecular flexibility index (Phi) is 5.62. The van der Waals surface area contributed by atoms with Gasteiger partial charge in [-0.15, -0.1) is 11.8 Å². The van der Waals surface area contributed by atoms with Gasteiger partial charge in [-0.3, -0.25) is 0 Å². The maximum absolute atomic E-state index is 12.6. The third-order valence-corrected chi connectivity index (χ3v) is 4.78. The maximum Gasteiger partial charge on any atom is 0.337 e. The van der Waals surface area contributed by atoms with Crippen molar-refractivity contribution in [2.24, 2.45) is 0 Å². The van der Waals surface area contributed by atoms with Crippen LogP contribution in [0.15, 0.2) is 14.4 Å². The maximum atomic E-state index is 12.6. The number of thioether (sulfide) groups is 1. The molecule has 2 saturated heterocycles. The predicted molar refractivity (Wildman–Crippen MR) is 90.7 cm³/mol. The fourth-order valence-corrected chi connectivity index (χ4v) is 3.21. The highest BCUT2D eigenvalue weighted by Gasteiger charge is 2.23. The molecular formula is C15H23N3O5S. The van der Waals surface area contributed by atoms with E-state index in [9.17, 15) is 14.4 Å². The second-order valence-corrected chi connectivity index (χ2v) is 7.03. The summed E-state index contributed by atoms with van der Waals surface area (Å²) in [5.74, 6) is 0.245. The average Bonchev–Trinajstić information content (AvgIpc) is 3.45. The Morgan fingerprint density at radius 1 is 0.875 bits per heavy atom. The summed E-state index contributed by atoms with van der Waals surface area (Å²) in [5.41, 5.74) is -1.54. The average molecular weight is 357 g/mol. The molecule has 0 N–H and O–H groups in total. The van der Waals surface area contributed by atoms with Crippen molar-refractivity contribution in [3.05, 3.63) is 31.5 Å². The van der Waals surface area contributed by atoms with E-state index in [4.69, 9.17) is 9.47 Å². The molecule has 0 aromatic carbocycles. The zero-order chi connectivity index (χ0) is 17.1. The van der Waals surface area contributed by atoms with Gasteiger partial charge in [-0.25, -0.2) is 28.1 Å². The van der Waals surface area contributed by atoms with Gasteiger partial charge in [-0.2, -0.15) is 0 Å². The zero-order valence-electron chi connectivity index (χ0n) is 13.8. The van der Waals surface area contributed by atoms with Crippen molar-refractivity contribution in [2.75, 3.05) is 19.5 Å². The van der Waals surface area contributed by atoms with Gasteiger partial charge in [0.05, 0.1) is 31.3 Å². The molecule has 0 radical (unpaired) electrons. The molecule has 2 fully saturated rings. The highest BCUT2D eigenvalue weighted by Crippen LogP contribution is 2.16. The van der Waals surface area contributed by atoms with Gasteiger partial charge in [0, 0.05) is 13.1 Å². The topological polar surface area (TPSA) is 91.1 Å². The number of nitrogens with zero attached hydrogens (tertiary/aromatic N) is 3. The van der Waals surface area contributed by atoms with E-state index in [-0.39, 0.29) is 18.1 Å². The van der Waals surface area contributed by atoms with Crippen LogP contribution in [0.3, 0.4) is 0 Å². The Bertz CT molecular complexity index is 689. The second-order valence-electron chi connectivity index (χ2n) is 6.19. The molecule has 2 aliphatic rings. The van der Waals surface area contributed by atoms with Gasteiger partial charge in [-0.05, 0) is 31.9 Å². The van der Waals surface area contributed by atoms with Crippen LogP contribution in [0.1, 0.15) is 25.7 Å². The standard InChI is InChI=1S/C15H23N3O5S/c1-24-10-18-14(20)16(6-2-4-11-8-22-11)13(19)17(15(18)21)7-3-5-12-9-23-12/h11-12H,2-10H2,1H3. The number of rotatable bonds is 10. The van der Waals surface area contributed by atoms with Crippen LogP contribution in [0.5, 0.6) is 0 Å². The molecule has 2 unspecified atom stereocenters. The van der Waals surface area contributed by atoms with E-state index in [2.05, 4.69) is 0 Å². The molecule has 2 atom stereocenters. The minimum atomic E-state index is -0.516. The molecule has 9 heteroatoms. The highest BCUT2D eigenvalue weighted by atomic mass is 32.2. The number of hydrogen-bond acceptors (Lipinski definition) is 6. The Balaban J connectivity index is 1.83. The van der Waals surface area contributed by atoms with Crippen LogP contribution in [-0.4, -0.2) is 45.4 Å². The summed E-state index contributed by atoms with van der Waals surface area (Å²) in [6, 6.07) is 0. The van der Waals surface area contributed by atoms with Crippen LogP contribution in [0.25, 0.3) is 0 Å². The molecule has 0 amide bonds. The van der Waals surface area contributed by atoms with Gasteiger partial charge in [0.2, 0.25) is 0 Å². The molecule has 1 aromatic heterocycles. The zero-order valence-corrected chi connectivity index (χ0v) is 14.6. The van der Waals surface area contributed by atoms with E-state index in [1.54, 1.807) is 0 Å². The van der Waals surface area contributed by atoms with Crippen LogP contribution in [0.2, 0.25) is 0 Å². The number of ether oxygens (including phenoxy) is 2. The summed E-state index contributed by atoms with van der Waals surface area (Å²) in [4.78, 5) is 37.6.